The van der Waals surface area contributed by atoms with Gasteiger partial charge in [0.2, 0.25) is 5.88 Å². The van der Waals surface area contributed by atoms with Crippen LogP contribution < -0.4 is 4.74 Å². The van der Waals surface area contributed by atoms with E-state index in [1.54, 1.807) is 12.3 Å². The summed E-state index contributed by atoms with van der Waals surface area (Å²) in [6, 6.07) is 3.69. The molecule has 0 aliphatic rings. The average Bonchev–Trinajstić information content (AvgIpc) is 2.19. The quantitative estimate of drug-likeness (QED) is 0.737. The lowest BCUT2D eigenvalue weighted by molar-refractivity contribution is 0.231. The molecule has 1 heterocycles. The van der Waals surface area contributed by atoms with Crippen molar-refractivity contribution in [3.8, 4) is 11.9 Å². The first kappa shape index (κ1) is 11.7. The highest BCUT2D eigenvalue weighted by molar-refractivity contribution is 6.18. The number of ether oxygens (including phenoxy) is 1. The second kappa shape index (κ2) is 5.52. The van der Waals surface area contributed by atoms with Gasteiger partial charge in [0, 0.05) is 18.1 Å². The normalized spacial score (nSPS) is 12.2. The molecule has 80 valence electrons. The third kappa shape index (κ3) is 3.37. The van der Waals surface area contributed by atoms with Crippen molar-refractivity contribution in [2.24, 2.45) is 0 Å². The Bertz CT molecular complexity index is 362. The molecular formula is C10H12ClN3O. The average molecular weight is 226 g/mol. The molecule has 0 amide bonds. The highest BCUT2D eigenvalue weighted by Crippen LogP contribution is 2.15. The van der Waals surface area contributed by atoms with Crippen LogP contribution in [0.1, 0.15) is 25.6 Å². The third-order valence-corrected chi connectivity index (χ3v) is 1.94. The standard InChI is InChI=1S/C10H12ClN3O/c1-7(2)15-9-3-4-13-10(14-9)8(5-11)6-12/h3-4,7-8H,5H2,1-2H3. The van der Waals surface area contributed by atoms with Gasteiger partial charge in [0.25, 0.3) is 0 Å². The molecule has 0 spiro atoms. The van der Waals surface area contributed by atoms with Gasteiger partial charge in [0.05, 0.1) is 12.2 Å². The molecule has 4 nitrogen and oxygen atoms in total. The van der Waals surface area contributed by atoms with Crippen LogP contribution in [0.5, 0.6) is 5.88 Å². The molecule has 1 aromatic rings. The van der Waals surface area contributed by atoms with Crippen LogP contribution >= 0.6 is 11.6 Å². The summed E-state index contributed by atoms with van der Waals surface area (Å²) in [7, 11) is 0. The van der Waals surface area contributed by atoms with Crippen LogP contribution in [0.15, 0.2) is 12.3 Å². The Kier molecular flexibility index (Phi) is 4.32. The Balaban J connectivity index is 2.87. The van der Waals surface area contributed by atoms with Crippen molar-refractivity contribution in [2.75, 3.05) is 5.88 Å². The summed E-state index contributed by atoms with van der Waals surface area (Å²) in [5.74, 6) is 0.579. The minimum absolute atomic E-state index is 0.0456. The molecule has 1 atom stereocenters. The van der Waals surface area contributed by atoms with E-state index < -0.39 is 5.92 Å². The summed E-state index contributed by atoms with van der Waals surface area (Å²) in [6.45, 7) is 3.82. The Hall–Kier alpha value is -1.34. The number of rotatable bonds is 4. The number of hydrogen-bond acceptors (Lipinski definition) is 4. The molecule has 0 radical (unpaired) electrons. The molecule has 0 saturated heterocycles. The molecule has 5 heteroatoms. The first-order valence-electron chi connectivity index (χ1n) is 4.62. The maximum Gasteiger partial charge on any atom is 0.216 e. The van der Waals surface area contributed by atoms with Crippen LogP contribution in [-0.2, 0) is 0 Å². The van der Waals surface area contributed by atoms with Crippen molar-refractivity contribution in [1.29, 1.82) is 5.26 Å². The summed E-state index contributed by atoms with van der Waals surface area (Å²) in [5, 5.41) is 8.80. The largest absolute Gasteiger partial charge is 0.475 e. The van der Waals surface area contributed by atoms with E-state index in [9.17, 15) is 0 Å². The zero-order chi connectivity index (χ0) is 11.3. The lowest BCUT2D eigenvalue weighted by Crippen LogP contribution is -2.10. The summed E-state index contributed by atoms with van der Waals surface area (Å²) < 4.78 is 5.39. The third-order valence-electron chi connectivity index (χ3n) is 1.63. The van der Waals surface area contributed by atoms with Gasteiger partial charge in [0.15, 0.2) is 5.82 Å². The molecule has 1 unspecified atom stereocenters. The van der Waals surface area contributed by atoms with Crippen LogP contribution in [-0.4, -0.2) is 22.0 Å². The summed E-state index contributed by atoms with van der Waals surface area (Å²) in [4.78, 5) is 8.11. The molecule has 0 aliphatic carbocycles. The van der Waals surface area contributed by atoms with Gasteiger partial charge in [-0.05, 0) is 13.8 Å². The van der Waals surface area contributed by atoms with Gasteiger partial charge in [-0.2, -0.15) is 10.2 Å². The van der Waals surface area contributed by atoms with Gasteiger partial charge < -0.3 is 4.74 Å². The van der Waals surface area contributed by atoms with E-state index >= 15 is 0 Å². The van der Waals surface area contributed by atoms with Crippen molar-refractivity contribution >= 4 is 11.6 Å². The van der Waals surface area contributed by atoms with Gasteiger partial charge >= 0.3 is 0 Å². The molecule has 0 aromatic carbocycles. The molecule has 15 heavy (non-hydrogen) atoms. The maximum absolute atomic E-state index is 8.80. The van der Waals surface area contributed by atoms with E-state index in [1.165, 1.54) is 0 Å². The zero-order valence-corrected chi connectivity index (χ0v) is 9.40. The molecule has 0 saturated carbocycles. The number of alkyl halides is 1. The summed E-state index contributed by atoms with van der Waals surface area (Å²) >= 11 is 5.62. The fourth-order valence-electron chi connectivity index (χ4n) is 0.993. The topological polar surface area (TPSA) is 58.8 Å². The first-order valence-corrected chi connectivity index (χ1v) is 5.16. The fraction of sp³-hybridized carbons (Fsp3) is 0.500. The SMILES string of the molecule is CC(C)Oc1ccnc(C(C#N)CCl)n1. The molecule has 0 fully saturated rings. The molecule has 0 N–H and O–H groups in total. The molecule has 1 rings (SSSR count). The lowest BCUT2D eigenvalue weighted by atomic mass is 10.2. The lowest BCUT2D eigenvalue weighted by Gasteiger charge is -2.10. The zero-order valence-electron chi connectivity index (χ0n) is 8.64. The van der Waals surface area contributed by atoms with Gasteiger partial charge in [-0.1, -0.05) is 0 Å². The highest BCUT2D eigenvalue weighted by Gasteiger charge is 2.13. The number of nitriles is 1. The van der Waals surface area contributed by atoms with E-state index in [-0.39, 0.29) is 12.0 Å². The van der Waals surface area contributed by atoms with Gasteiger partial charge in [-0.15, -0.1) is 11.6 Å². The first-order chi connectivity index (χ1) is 7.17. The predicted molar refractivity (Wildman–Crippen MR) is 56.9 cm³/mol. The summed E-state index contributed by atoms with van der Waals surface area (Å²) in [6.07, 6.45) is 1.61. The van der Waals surface area contributed by atoms with E-state index in [1.807, 2.05) is 19.9 Å². The van der Waals surface area contributed by atoms with Crippen molar-refractivity contribution in [1.82, 2.24) is 9.97 Å². The van der Waals surface area contributed by atoms with Crippen LogP contribution in [0.25, 0.3) is 0 Å². The Morgan fingerprint density at radius 3 is 2.87 bits per heavy atom. The fourth-order valence-corrected chi connectivity index (χ4v) is 1.20. The van der Waals surface area contributed by atoms with Gasteiger partial charge in [-0.3, -0.25) is 0 Å². The second-order valence-electron chi connectivity index (χ2n) is 3.26. The molecular weight excluding hydrogens is 214 g/mol. The smallest absolute Gasteiger partial charge is 0.216 e. The highest BCUT2D eigenvalue weighted by atomic mass is 35.5. The molecule has 1 aromatic heterocycles. The Labute approximate surface area is 93.9 Å². The second-order valence-corrected chi connectivity index (χ2v) is 3.56. The monoisotopic (exact) mass is 225 g/mol. The van der Waals surface area contributed by atoms with Crippen LogP contribution in [0.4, 0.5) is 0 Å². The molecule has 0 bridgehead atoms. The summed E-state index contributed by atoms with van der Waals surface area (Å²) in [5.41, 5.74) is 0. The Morgan fingerprint density at radius 2 is 2.33 bits per heavy atom. The van der Waals surface area contributed by atoms with E-state index in [4.69, 9.17) is 21.6 Å². The van der Waals surface area contributed by atoms with Crippen LogP contribution in [0.3, 0.4) is 0 Å². The number of hydrogen-bond donors (Lipinski definition) is 0. The molecule has 0 aliphatic heterocycles. The van der Waals surface area contributed by atoms with Crippen LogP contribution in [0.2, 0.25) is 0 Å². The Morgan fingerprint density at radius 1 is 1.60 bits per heavy atom. The van der Waals surface area contributed by atoms with Crippen molar-refractivity contribution in [2.45, 2.75) is 25.9 Å². The van der Waals surface area contributed by atoms with E-state index in [2.05, 4.69) is 9.97 Å². The van der Waals surface area contributed by atoms with E-state index in [0.717, 1.165) is 0 Å². The van der Waals surface area contributed by atoms with Crippen molar-refractivity contribution < 1.29 is 4.74 Å². The van der Waals surface area contributed by atoms with E-state index in [0.29, 0.717) is 11.7 Å². The number of nitrogens with zero attached hydrogens (tertiary/aromatic N) is 3. The van der Waals surface area contributed by atoms with Gasteiger partial charge in [-0.25, -0.2) is 4.98 Å². The van der Waals surface area contributed by atoms with Crippen LogP contribution in [0, 0.1) is 11.3 Å². The van der Waals surface area contributed by atoms with Crippen molar-refractivity contribution in [3.05, 3.63) is 18.1 Å². The maximum atomic E-state index is 8.80. The predicted octanol–water partition coefficient (Wildman–Crippen LogP) is 2.11. The number of aromatic nitrogens is 2. The minimum atomic E-state index is -0.484. The van der Waals surface area contributed by atoms with Gasteiger partial charge in [0.1, 0.15) is 5.92 Å². The number of halogens is 1. The minimum Gasteiger partial charge on any atom is -0.475 e. The van der Waals surface area contributed by atoms with Crippen molar-refractivity contribution in [3.63, 3.8) is 0 Å².